The third kappa shape index (κ3) is 3.53. The van der Waals surface area contributed by atoms with Crippen molar-refractivity contribution in [1.29, 1.82) is 0 Å². The van der Waals surface area contributed by atoms with E-state index in [1.165, 1.54) is 6.07 Å². The van der Waals surface area contributed by atoms with Gasteiger partial charge in [-0.3, -0.25) is 0 Å². The number of hydrogen-bond acceptors (Lipinski definition) is 2. The van der Waals surface area contributed by atoms with Gasteiger partial charge in [0.05, 0.1) is 6.10 Å². The Kier molecular flexibility index (Phi) is 4.76. The molecule has 3 atom stereocenters. The quantitative estimate of drug-likeness (QED) is 0.916. The van der Waals surface area contributed by atoms with Gasteiger partial charge in [0.15, 0.2) is 0 Å². The van der Waals surface area contributed by atoms with Crippen LogP contribution in [0.2, 0.25) is 0 Å². The Morgan fingerprint density at radius 2 is 2.28 bits per heavy atom. The van der Waals surface area contributed by atoms with Crippen LogP contribution in [0.25, 0.3) is 0 Å². The molecule has 1 aliphatic rings. The first-order chi connectivity index (χ1) is 8.56. The van der Waals surface area contributed by atoms with E-state index in [4.69, 9.17) is 4.74 Å². The maximum atomic E-state index is 13.8. The topological polar surface area (TPSA) is 21.3 Å². The number of nitrogens with one attached hydrogen (secondary N) is 1. The standard InChI is InChI=1S/C14H19BrFNO/c1-9-7-12(5-6-18-9)17-10(2)13-8-11(15)3-4-14(13)16/h3-4,8-10,12,17H,5-7H2,1-2H3. The van der Waals surface area contributed by atoms with Gasteiger partial charge in [0.25, 0.3) is 0 Å². The molecule has 1 aliphatic heterocycles. The Hall–Kier alpha value is -0.450. The number of halogens is 2. The maximum absolute atomic E-state index is 13.8. The summed E-state index contributed by atoms with van der Waals surface area (Å²) < 4.78 is 20.2. The number of ether oxygens (including phenoxy) is 1. The Bertz CT molecular complexity index is 413. The predicted molar refractivity (Wildman–Crippen MR) is 74.1 cm³/mol. The van der Waals surface area contributed by atoms with Crippen LogP contribution in [0.15, 0.2) is 22.7 Å². The molecule has 1 N–H and O–H groups in total. The number of rotatable bonds is 3. The molecule has 0 bridgehead atoms. The van der Waals surface area contributed by atoms with Gasteiger partial charge in [-0.1, -0.05) is 15.9 Å². The van der Waals surface area contributed by atoms with Crippen molar-refractivity contribution in [2.24, 2.45) is 0 Å². The van der Waals surface area contributed by atoms with E-state index in [-0.39, 0.29) is 18.0 Å². The lowest BCUT2D eigenvalue weighted by molar-refractivity contribution is 0.0115. The van der Waals surface area contributed by atoms with E-state index >= 15 is 0 Å². The SMILES string of the molecule is CC1CC(NC(C)c2cc(Br)ccc2F)CCO1. The van der Waals surface area contributed by atoms with Gasteiger partial charge >= 0.3 is 0 Å². The highest BCUT2D eigenvalue weighted by molar-refractivity contribution is 9.10. The van der Waals surface area contributed by atoms with Crippen LogP contribution in [0.1, 0.15) is 38.3 Å². The molecule has 0 aliphatic carbocycles. The molecule has 1 fully saturated rings. The summed E-state index contributed by atoms with van der Waals surface area (Å²) in [6.07, 6.45) is 2.26. The lowest BCUT2D eigenvalue weighted by Gasteiger charge is -2.30. The number of hydrogen-bond donors (Lipinski definition) is 1. The van der Waals surface area contributed by atoms with Crippen molar-refractivity contribution in [1.82, 2.24) is 5.32 Å². The highest BCUT2D eigenvalue weighted by Crippen LogP contribution is 2.23. The Labute approximate surface area is 116 Å². The van der Waals surface area contributed by atoms with Crippen LogP contribution in [0, 0.1) is 5.82 Å². The molecule has 0 spiro atoms. The zero-order chi connectivity index (χ0) is 13.1. The van der Waals surface area contributed by atoms with Gasteiger partial charge in [-0.15, -0.1) is 0 Å². The summed E-state index contributed by atoms with van der Waals surface area (Å²) in [5, 5.41) is 3.49. The van der Waals surface area contributed by atoms with Gasteiger partial charge in [0.1, 0.15) is 5.82 Å². The zero-order valence-electron chi connectivity index (χ0n) is 10.7. The smallest absolute Gasteiger partial charge is 0.128 e. The van der Waals surface area contributed by atoms with Crippen molar-refractivity contribution in [2.45, 2.75) is 44.9 Å². The average molecular weight is 316 g/mol. The summed E-state index contributed by atoms with van der Waals surface area (Å²) in [7, 11) is 0. The van der Waals surface area contributed by atoms with Crippen LogP contribution in [0.5, 0.6) is 0 Å². The number of benzene rings is 1. The minimum atomic E-state index is -0.154. The first-order valence-corrected chi connectivity index (χ1v) is 7.18. The molecule has 18 heavy (non-hydrogen) atoms. The predicted octanol–water partition coefficient (Wildman–Crippen LogP) is 3.81. The van der Waals surface area contributed by atoms with Crippen LogP contribution in [0.4, 0.5) is 4.39 Å². The average Bonchev–Trinajstić information content (AvgIpc) is 2.32. The third-order valence-corrected chi connectivity index (χ3v) is 3.89. The molecule has 2 nitrogen and oxygen atoms in total. The maximum Gasteiger partial charge on any atom is 0.128 e. The second-order valence-corrected chi connectivity index (χ2v) is 5.87. The molecule has 1 saturated heterocycles. The summed E-state index contributed by atoms with van der Waals surface area (Å²) in [6, 6.07) is 5.49. The molecule has 0 saturated carbocycles. The van der Waals surface area contributed by atoms with Crippen molar-refractivity contribution in [3.8, 4) is 0 Å². The van der Waals surface area contributed by atoms with E-state index in [9.17, 15) is 4.39 Å². The molecular formula is C14H19BrFNO. The fourth-order valence-electron chi connectivity index (χ4n) is 2.44. The lowest BCUT2D eigenvalue weighted by Crippen LogP contribution is -2.39. The van der Waals surface area contributed by atoms with Crippen molar-refractivity contribution in [2.75, 3.05) is 6.61 Å². The molecule has 1 aromatic carbocycles. The molecule has 2 rings (SSSR count). The lowest BCUT2D eigenvalue weighted by atomic mass is 10.0. The molecule has 0 aromatic heterocycles. The van der Waals surface area contributed by atoms with E-state index < -0.39 is 0 Å². The van der Waals surface area contributed by atoms with Gasteiger partial charge in [-0.05, 0) is 44.9 Å². The summed E-state index contributed by atoms with van der Waals surface area (Å²) >= 11 is 3.38. The Morgan fingerprint density at radius 3 is 3.00 bits per heavy atom. The van der Waals surface area contributed by atoms with Gasteiger partial charge in [0.2, 0.25) is 0 Å². The first-order valence-electron chi connectivity index (χ1n) is 6.39. The highest BCUT2D eigenvalue weighted by Gasteiger charge is 2.22. The molecule has 3 unspecified atom stereocenters. The summed E-state index contributed by atoms with van der Waals surface area (Å²) in [6.45, 7) is 4.87. The van der Waals surface area contributed by atoms with E-state index in [0.29, 0.717) is 11.6 Å². The summed E-state index contributed by atoms with van der Waals surface area (Å²) in [4.78, 5) is 0. The molecule has 0 amide bonds. The highest BCUT2D eigenvalue weighted by atomic mass is 79.9. The van der Waals surface area contributed by atoms with Crippen molar-refractivity contribution in [3.63, 3.8) is 0 Å². The van der Waals surface area contributed by atoms with Gasteiger partial charge in [-0.2, -0.15) is 0 Å². The first kappa shape index (κ1) is 14.0. The molecule has 100 valence electrons. The molecule has 4 heteroatoms. The van der Waals surface area contributed by atoms with E-state index in [1.54, 1.807) is 6.07 Å². The van der Waals surface area contributed by atoms with Gasteiger partial charge in [-0.25, -0.2) is 4.39 Å². The Balaban J connectivity index is 2.02. The van der Waals surface area contributed by atoms with Crippen LogP contribution in [-0.4, -0.2) is 18.8 Å². The fraction of sp³-hybridized carbons (Fsp3) is 0.571. The van der Waals surface area contributed by atoms with Crippen LogP contribution < -0.4 is 5.32 Å². The fourth-order valence-corrected chi connectivity index (χ4v) is 2.82. The van der Waals surface area contributed by atoms with Crippen molar-refractivity contribution >= 4 is 15.9 Å². The van der Waals surface area contributed by atoms with Crippen molar-refractivity contribution < 1.29 is 9.13 Å². The van der Waals surface area contributed by atoms with Gasteiger partial charge in [0, 0.05) is 28.7 Å². The molecular weight excluding hydrogens is 297 g/mol. The largest absolute Gasteiger partial charge is 0.378 e. The normalized spacial score (nSPS) is 26.0. The molecule has 0 radical (unpaired) electrons. The second kappa shape index (κ2) is 6.13. The van der Waals surface area contributed by atoms with E-state index in [0.717, 1.165) is 23.9 Å². The van der Waals surface area contributed by atoms with Crippen LogP contribution >= 0.6 is 15.9 Å². The minimum absolute atomic E-state index is 0.0119. The van der Waals surface area contributed by atoms with Crippen LogP contribution in [-0.2, 0) is 4.74 Å². The summed E-state index contributed by atoms with van der Waals surface area (Å²) in [5.41, 5.74) is 0.712. The molecule has 1 heterocycles. The molecule has 1 aromatic rings. The van der Waals surface area contributed by atoms with Crippen molar-refractivity contribution in [3.05, 3.63) is 34.1 Å². The monoisotopic (exact) mass is 315 g/mol. The minimum Gasteiger partial charge on any atom is -0.378 e. The van der Waals surface area contributed by atoms with Gasteiger partial charge < -0.3 is 10.1 Å². The second-order valence-electron chi connectivity index (χ2n) is 4.96. The van der Waals surface area contributed by atoms with E-state index in [2.05, 4.69) is 28.2 Å². The third-order valence-electron chi connectivity index (χ3n) is 3.40. The van der Waals surface area contributed by atoms with E-state index in [1.807, 2.05) is 13.0 Å². The Morgan fingerprint density at radius 1 is 1.50 bits per heavy atom. The van der Waals surface area contributed by atoms with Crippen LogP contribution in [0.3, 0.4) is 0 Å². The summed E-state index contributed by atoms with van der Waals surface area (Å²) in [5.74, 6) is -0.154. The zero-order valence-corrected chi connectivity index (χ0v) is 12.3.